The minimum atomic E-state index is -3.06. The Morgan fingerprint density at radius 1 is 1.12 bits per heavy atom. The van der Waals surface area contributed by atoms with Crippen LogP contribution in [0.15, 0.2) is 48.8 Å². The summed E-state index contributed by atoms with van der Waals surface area (Å²) < 4.78 is 67.0. The molecule has 5 heterocycles. The van der Waals surface area contributed by atoms with Crippen LogP contribution >= 0.6 is 7.14 Å². The van der Waals surface area contributed by atoms with E-state index >= 15 is 4.39 Å². The van der Waals surface area contributed by atoms with Crippen molar-refractivity contribution in [2.45, 2.75) is 25.0 Å². The van der Waals surface area contributed by atoms with E-state index in [0.717, 1.165) is 5.56 Å². The van der Waals surface area contributed by atoms with Crippen LogP contribution in [0.1, 0.15) is 45.6 Å². The molecular weight excluding hydrogens is 544 g/mol. The maximum Gasteiger partial charge on any atom is 0.387 e. The summed E-state index contributed by atoms with van der Waals surface area (Å²) in [4.78, 5) is 19.3. The number of pyridine rings is 2. The number of carbonyl (C=O) groups excluding carboxylic acids is 1. The van der Waals surface area contributed by atoms with E-state index in [0.29, 0.717) is 65.3 Å². The predicted octanol–water partition coefficient (Wildman–Crippen LogP) is 4.82. The highest BCUT2D eigenvalue weighted by atomic mass is 31.2. The molecule has 7 rings (SSSR count). The third kappa shape index (κ3) is 3.78. The van der Waals surface area contributed by atoms with Crippen LogP contribution in [-0.2, 0) is 9.30 Å². The highest BCUT2D eigenvalue weighted by Gasteiger charge is 2.46. The van der Waals surface area contributed by atoms with Crippen molar-refractivity contribution in [2.24, 2.45) is 0 Å². The van der Waals surface area contributed by atoms with Gasteiger partial charge in [0.15, 0.2) is 0 Å². The molecule has 40 heavy (non-hydrogen) atoms. The standard InChI is InChI=1S/C28H24F3N4O4P/c1-34-21-12-18(24-16(27(34)36)3-2-4-22(24)39-28(30)31)25-20-11-17(19(29)14-35(20)33-26(21)25)15-5-6-23(32-13-15)40(37)9-7-38-8-10-40/h2-6,11,13-14,18,21,28H,7-10,12H2,1H3/t18-,21-/m1/s1. The Labute approximate surface area is 227 Å². The molecule has 0 saturated carbocycles. The summed E-state index contributed by atoms with van der Waals surface area (Å²) in [5.41, 5.74) is 3.91. The van der Waals surface area contributed by atoms with Gasteiger partial charge in [-0.25, -0.2) is 8.91 Å². The van der Waals surface area contributed by atoms with Crippen LogP contribution in [0.25, 0.3) is 16.6 Å². The van der Waals surface area contributed by atoms with Crippen LogP contribution in [0.5, 0.6) is 5.75 Å². The molecular formula is C28H24F3N4O4P. The summed E-state index contributed by atoms with van der Waals surface area (Å²) in [5, 5.41) is 4.64. The molecule has 0 spiro atoms. The van der Waals surface area contributed by atoms with E-state index < -0.39 is 31.5 Å². The van der Waals surface area contributed by atoms with Crippen LogP contribution in [0.3, 0.4) is 0 Å². The number of halogens is 3. The zero-order chi connectivity index (χ0) is 27.8. The first kappa shape index (κ1) is 25.3. The van der Waals surface area contributed by atoms with E-state index in [9.17, 15) is 18.1 Å². The van der Waals surface area contributed by atoms with Gasteiger partial charge in [-0.15, -0.1) is 0 Å². The molecule has 2 bridgehead atoms. The zero-order valence-electron chi connectivity index (χ0n) is 21.4. The molecule has 4 aromatic rings. The highest BCUT2D eigenvalue weighted by molar-refractivity contribution is 7.71. The van der Waals surface area contributed by atoms with Crippen LogP contribution in [-0.4, -0.2) is 64.6 Å². The van der Waals surface area contributed by atoms with E-state index in [1.54, 1.807) is 36.2 Å². The summed E-state index contributed by atoms with van der Waals surface area (Å²) in [7, 11) is -0.989. The number of nitrogens with zero attached hydrogens (tertiary/aromatic N) is 4. The van der Waals surface area contributed by atoms with Crippen LogP contribution in [0.4, 0.5) is 13.2 Å². The van der Waals surface area contributed by atoms with Gasteiger partial charge in [-0.1, -0.05) is 12.1 Å². The monoisotopic (exact) mass is 568 g/mol. The van der Waals surface area contributed by atoms with E-state index in [4.69, 9.17) is 9.47 Å². The van der Waals surface area contributed by atoms with E-state index in [1.807, 2.05) is 0 Å². The Balaban J connectivity index is 1.36. The molecule has 1 fully saturated rings. The molecule has 2 atom stereocenters. The molecule has 1 amide bonds. The fourth-order valence-electron chi connectivity index (χ4n) is 6.26. The largest absolute Gasteiger partial charge is 0.434 e. The fraction of sp³-hybridized carbons (Fsp3) is 0.321. The fourth-order valence-corrected chi connectivity index (χ4v) is 8.40. The number of alkyl halides is 2. The summed E-state index contributed by atoms with van der Waals surface area (Å²) >= 11 is 0. The SMILES string of the molecule is CN1C(=O)c2cccc(OC(F)F)c2[C@H]2C[C@@H]1c1nn3cc(F)c(-c4ccc(P5(=O)CCOCC5)nc4)cc3c12. The van der Waals surface area contributed by atoms with E-state index in [2.05, 4.69) is 10.1 Å². The Bertz CT molecular complexity index is 1720. The molecule has 1 aliphatic carbocycles. The summed E-state index contributed by atoms with van der Waals surface area (Å²) in [6.45, 7) is -2.21. The average molecular weight is 568 g/mol. The Morgan fingerprint density at radius 2 is 1.93 bits per heavy atom. The minimum Gasteiger partial charge on any atom is -0.434 e. The molecule has 12 heteroatoms. The molecule has 0 unspecified atom stereocenters. The number of benzene rings is 1. The molecule has 3 aromatic heterocycles. The van der Waals surface area contributed by atoms with Crippen molar-refractivity contribution in [3.05, 3.63) is 77.0 Å². The summed E-state index contributed by atoms with van der Waals surface area (Å²) in [6, 6.07) is 9.23. The van der Waals surface area contributed by atoms with Gasteiger partial charge in [0.25, 0.3) is 5.91 Å². The summed E-state index contributed by atoms with van der Waals surface area (Å²) in [6.07, 6.45) is 4.10. The first-order valence-electron chi connectivity index (χ1n) is 12.9. The van der Waals surface area contributed by atoms with Crippen molar-refractivity contribution in [3.8, 4) is 16.9 Å². The van der Waals surface area contributed by atoms with Gasteiger partial charge >= 0.3 is 6.61 Å². The number of ether oxygens (including phenoxy) is 2. The average Bonchev–Trinajstić information content (AvgIpc) is 3.45. The van der Waals surface area contributed by atoms with E-state index in [-0.39, 0.29) is 17.2 Å². The molecule has 1 saturated heterocycles. The minimum absolute atomic E-state index is 0.0581. The molecule has 206 valence electrons. The lowest BCUT2D eigenvalue weighted by atomic mass is 9.88. The first-order chi connectivity index (χ1) is 19.2. The lowest BCUT2D eigenvalue weighted by Crippen LogP contribution is -2.30. The molecule has 0 N–H and O–H groups in total. The third-order valence-electron chi connectivity index (χ3n) is 8.23. The number of rotatable bonds is 4. The zero-order valence-corrected chi connectivity index (χ0v) is 22.3. The Hall–Kier alpha value is -3.69. The van der Waals surface area contributed by atoms with Gasteiger partial charge in [-0.3, -0.25) is 9.78 Å². The number of hydrogen-bond donors (Lipinski definition) is 0. The highest BCUT2D eigenvalue weighted by Crippen LogP contribution is 2.53. The molecule has 2 aliphatic heterocycles. The number of carbonyl (C=O) groups is 1. The topological polar surface area (TPSA) is 86.0 Å². The third-order valence-corrected chi connectivity index (χ3v) is 11.1. The Kier molecular flexibility index (Phi) is 5.80. The maximum absolute atomic E-state index is 15.4. The lowest BCUT2D eigenvalue weighted by Gasteiger charge is -2.23. The van der Waals surface area contributed by atoms with Crippen molar-refractivity contribution >= 4 is 24.0 Å². The van der Waals surface area contributed by atoms with Crippen molar-refractivity contribution < 1.29 is 32.0 Å². The van der Waals surface area contributed by atoms with Crippen LogP contribution < -0.4 is 10.2 Å². The van der Waals surface area contributed by atoms with Gasteiger partial charge in [0.05, 0.1) is 36.7 Å². The number of aromatic nitrogens is 3. The molecule has 8 nitrogen and oxygen atoms in total. The van der Waals surface area contributed by atoms with Crippen molar-refractivity contribution in [1.29, 1.82) is 0 Å². The van der Waals surface area contributed by atoms with Crippen LogP contribution in [0.2, 0.25) is 0 Å². The smallest absolute Gasteiger partial charge is 0.387 e. The number of amides is 1. The van der Waals surface area contributed by atoms with Gasteiger partial charge in [0.1, 0.15) is 24.1 Å². The van der Waals surface area contributed by atoms with Crippen molar-refractivity contribution in [2.75, 3.05) is 32.6 Å². The second kappa shape index (κ2) is 9.17. The molecule has 1 aromatic carbocycles. The maximum atomic E-state index is 15.4. The van der Waals surface area contributed by atoms with Gasteiger partial charge in [0, 0.05) is 59.3 Å². The normalized spacial score (nSPS) is 21.4. The van der Waals surface area contributed by atoms with Gasteiger partial charge in [-0.2, -0.15) is 13.9 Å². The van der Waals surface area contributed by atoms with Gasteiger partial charge < -0.3 is 18.9 Å². The second-order valence-electron chi connectivity index (χ2n) is 10.3. The molecule has 0 radical (unpaired) electrons. The molecule has 3 aliphatic rings. The lowest BCUT2D eigenvalue weighted by molar-refractivity contribution is -0.0505. The quantitative estimate of drug-likeness (QED) is 0.329. The van der Waals surface area contributed by atoms with Crippen molar-refractivity contribution in [1.82, 2.24) is 19.5 Å². The van der Waals surface area contributed by atoms with Crippen molar-refractivity contribution in [3.63, 3.8) is 0 Å². The first-order valence-corrected chi connectivity index (χ1v) is 15.0. The number of fused-ring (bicyclic) bond motifs is 9. The van der Waals surface area contributed by atoms with E-state index in [1.165, 1.54) is 29.0 Å². The van der Waals surface area contributed by atoms with Crippen LogP contribution in [0, 0.1) is 5.82 Å². The van der Waals surface area contributed by atoms with Gasteiger partial charge in [0.2, 0.25) is 0 Å². The summed E-state index contributed by atoms with van der Waals surface area (Å²) in [5.74, 6) is -1.37. The number of hydrogen-bond acceptors (Lipinski definition) is 6. The van der Waals surface area contributed by atoms with Gasteiger partial charge in [-0.05, 0) is 30.7 Å². The Morgan fingerprint density at radius 3 is 2.65 bits per heavy atom. The second-order valence-corrected chi connectivity index (χ2v) is 13.5. The predicted molar refractivity (Wildman–Crippen MR) is 141 cm³/mol.